The van der Waals surface area contributed by atoms with Crippen LogP contribution in [0, 0.1) is 0 Å². The summed E-state index contributed by atoms with van der Waals surface area (Å²) < 4.78 is 10.2. The summed E-state index contributed by atoms with van der Waals surface area (Å²) >= 11 is 1.67. The Kier molecular flexibility index (Phi) is 5.36. The molecule has 0 aromatic carbocycles. The van der Waals surface area contributed by atoms with Gasteiger partial charge >= 0.3 is 5.97 Å². The maximum absolute atomic E-state index is 11.2. The molecule has 1 aromatic rings. The fourth-order valence-corrected chi connectivity index (χ4v) is 3.13. The molecular weight excluding hydrogens is 262 g/mol. The zero-order chi connectivity index (χ0) is 13.7. The van der Waals surface area contributed by atoms with E-state index in [2.05, 4.69) is 16.1 Å². The molecule has 1 aliphatic rings. The van der Waals surface area contributed by atoms with E-state index in [9.17, 15) is 4.79 Å². The topological polar surface area (TPSA) is 47.6 Å². The van der Waals surface area contributed by atoms with Crippen molar-refractivity contribution in [1.82, 2.24) is 5.32 Å². The van der Waals surface area contributed by atoms with Gasteiger partial charge in [-0.3, -0.25) is 4.79 Å². The second-order valence-corrected chi connectivity index (χ2v) is 6.00. The normalized spacial score (nSPS) is 22.0. The Morgan fingerprint density at radius 2 is 2.16 bits per heavy atom. The van der Waals surface area contributed by atoms with Crippen molar-refractivity contribution in [2.45, 2.75) is 44.9 Å². The average Bonchev–Trinajstić information content (AvgIpc) is 2.79. The van der Waals surface area contributed by atoms with Gasteiger partial charge in [0.1, 0.15) is 0 Å². The first-order valence-electron chi connectivity index (χ1n) is 6.70. The summed E-state index contributed by atoms with van der Waals surface area (Å²) in [6.07, 6.45) is 3.03. The second-order valence-electron chi connectivity index (χ2n) is 4.75. The van der Waals surface area contributed by atoms with Gasteiger partial charge in [-0.1, -0.05) is 0 Å². The van der Waals surface area contributed by atoms with Crippen LogP contribution in [0.4, 0.5) is 0 Å². The first-order valence-corrected chi connectivity index (χ1v) is 7.52. The maximum Gasteiger partial charge on any atom is 0.310 e. The van der Waals surface area contributed by atoms with Gasteiger partial charge in [-0.15, -0.1) is 11.3 Å². The summed E-state index contributed by atoms with van der Waals surface area (Å²) in [6, 6.07) is 4.65. The Balaban J connectivity index is 1.68. The monoisotopic (exact) mass is 283 g/mol. The first kappa shape index (κ1) is 14.5. The molecule has 0 radical (unpaired) electrons. The van der Waals surface area contributed by atoms with E-state index in [1.165, 1.54) is 12.0 Å². The average molecular weight is 283 g/mol. The molecule has 19 heavy (non-hydrogen) atoms. The standard InChI is InChI=1S/C14H21NO3S/c1-3-18-11-6-10(7-11)15-9-13-5-4-12(19-13)8-14(16)17-2/h4-5,10-11,15H,3,6-9H2,1-2H3. The molecule has 5 heteroatoms. The van der Waals surface area contributed by atoms with E-state index in [1.54, 1.807) is 11.3 Å². The van der Waals surface area contributed by atoms with Gasteiger partial charge in [-0.05, 0) is 31.9 Å². The first-order chi connectivity index (χ1) is 9.21. The number of esters is 1. The molecule has 1 N–H and O–H groups in total. The van der Waals surface area contributed by atoms with Crippen LogP contribution >= 0.6 is 11.3 Å². The lowest BCUT2D eigenvalue weighted by molar-refractivity contribution is -0.139. The van der Waals surface area contributed by atoms with Gasteiger partial charge in [0.2, 0.25) is 0 Å². The zero-order valence-corrected chi connectivity index (χ0v) is 12.3. The second kappa shape index (κ2) is 7.03. The molecule has 0 atom stereocenters. The molecule has 0 spiro atoms. The number of hydrogen-bond donors (Lipinski definition) is 1. The van der Waals surface area contributed by atoms with E-state index >= 15 is 0 Å². The Morgan fingerprint density at radius 1 is 1.42 bits per heavy atom. The molecular formula is C14H21NO3S. The molecule has 2 rings (SSSR count). The number of methoxy groups -OCH3 is 1. The lowest BCUT2D eigenvalue weighted by atomic mass is 9.89. The van der Waals surface area contributed by atoms with E-state index < -0.39 is 0 Å². The number of rotatable bonds is 7. The van der Waals surface area contributed by atoms with Crippen LogP contribution in [0.2, 0.25) is 0 Å². The van der Waals surface area contributed by atoms with E-state index in [0.29, 0.717) is 18.6 Å². The van der Waals surface area contributed by atoms with Gasteiger partial charge in [0.25, 0.3) is 0 Å². The summed E-state index contributed by atoms with van der Waals surface area (Å²) in [7, 11) is 1.42. The third-order valence-corrected chi connectivity index (χ3v) is 4.41. The van der Waals surface area contributed by atoms with Crippen LogP contribution in [0.3, 0.4) is 0 Å². The number of hydrogen-bond acceptors (Lipinski definition) is 5. The largest absolute Gasteiger partial charge is 0.469 e. The molecule has 1 aromatic heterocycles. The van der Waals surface area contributed by atoms with E-state index in [1.807, 2.05) is 13.0 Å². The molecule has 0 bridgehead atoms. The highest BCUT2D eigenvalue weighted by Crippen LogP contribution is 2.24. The number of nitrogens with one attached hydrogen (secondary N) is 1. The molecule has 0 unspecified atom stereocenters. The van der Waals surface area contributed by atoms with Crippen LogP contribution in [0.5, 0.6) is 0 Å². The van der Waals surface area contributed by atoms with Crippen molar-refractivity contribution < 1.29 is 14.3 Å². The molecule has 1 aliphatic carbocycles. The smallest absolute Gasteiger partial charge is 0.310 e. The zero-order valence-electron chi connectivity index (χ0n) is 11.5. The SMILES string of the molecule is CCOC1CC(NCc2ccc(CC(=O)OC)s2)C1. The molecule has 1 fully saturated rings. The number of carbonyl (C=O) groups excluding carboxylic acids is 1. The van der Waals surface area contributed by atoms with Gasteiger partial charge in [-0.2, -0.15) is 0 Å². The van der Waals surface area contributed by atoms with Crippen molar-refractivity contribution in [2.24, 2.45) is 0 Å². The van der Waals surface area contributed by atoms with Crippen molar-refractivity contribution in [3.05, 3.63) is 21.9 Å². The predicted molar refractivity (Wildman–Crippen MR) is 75.3 cm³/mol. The van der Waals surface area contributed by atoms with Gasteiger partial charge < -0.3 is 14.8 Å². The molecule has 0 amide bonds. The van der Waals surface area contributed by atoms with Gasteiger partial charge in [-0.25, -0.2) is 0 Å². The van der Waals surface area contributed by atoms with Gasteiger partial charge in [0.15, 0.2) is 0 Å². The Morgan fingerprint density at radius 3 is 2.84 bits per heavy atom. The molecule has 1 saturated carbocycles. The van der Waals surface area contributed by atoms with Crippen LogP contribution in [0.1, 0.15) is 29.5 Å². The van der Waals surface area contributed by atoms with E-state index in [-0.39, 0.29) is 5.97 Å². The summed E-state index contributed by atoms with van der Waals surface area (Å²) in [5.74, 6) is -0.181. The quantitative estimate of drug-likeness (QED) is 0.779. The van der Waals surface area contributed by atoms with E-state index in [0.717, 1.165) is 30.9 Å². The Hall–Kier alpha value is -0.910. The minimum absolute atomic E-state index is 0.181. The summed E-state index contributed by atoms with van der Waals surface area (Å²) in [4.78, 5) is 13.5. The maximum atomic E-state index is 11.2. The molecule has 0 aliphatic heterocycles. The number of thiophene rings is 1. The Bertz CT molecular complexity index is 413. The van der Waals surface area contributed by atoms with Crippen molar-refractivity contribution in [3.8, 4) is 0 Å². The highest BCUT2D eigenvalue weighted by atomic mass is 32.1. The fourth-order valence-electron chi connectivity index (χ4n) is 2.18. The lowest BCUT2D eigenvalue weighted by Crippen LogP contribution is -2.44. The molecule has 4 nitrogen and oxygen atoms in total. The number of ether oxygens (including phenoxy) is 2. The fraction of sp³-hybridized carbons (Fsp3) is 0.643. The highest BCUT2D eigenvalue weighted by Gasteiger charge is 2.28. The van der Waals surface area contributed by atoms with Crippen LogP contribution < -0.4 is 5.32 Å². The van der Waals surface area contributed by atoms with Crippen molar-refractivity contribution in [1.29, 1.82) is 0 Å². The lowest BCUT2D eigenvalue weighted by Gasteiger charge is -2.35. The van der Waals surface area contributed by atoms with Crippen LogP contribution in [0.15, 0.2) is 12.1 Å². The third-order valence-electron chi connectivity index (χ3n) is 3.33. The van der Waals surface area contributed by atoms with E-state index in [4.69, 9.17) is 4.74 Å². The van der Waals surface area contributed by atoms with Crippen molar-refractivity contribution >= 4 is 17.3 Å². The van der Waals surface area contributed by atoms with Crippen LogP contribution in [0.25, 0.3) is 0 Å². The van der Waals surface area contributed by atoms with Crippen molar-refractivity contribution in [3.63, 3.8) is 0 Å². The number of carbonyl (C=O) groups is 1. The molecule has 1 heterocycles. The van der Waals surface area contributed by atoms with Crippen LogP contribution in [-0.4, -0.2) is 31.8 Å². The van der Waals surface area contributed by atoms with Gasteiger partial charge in [0.05, 0.1) is 19.6 Å². The molecule has 0 saturated heterocycles. The third kappa shape index (κ3) is 4.30. The highest BCUT2D eigenvalue weighted by molar-refractivity contribution is 7.12. The van der Waals surface area contributed by atoms with Crippen molar-refractivity contribution in [2.75, 3.05) is 13.7 Å². The summed E-state index contributed by atoms with van der Waals surface area (Å²) in [5.41, 5.74) is 0. The predicted octanol–water partition coefficient (Wildman–Crippen LogP) is 2.12. The summed E-state index contributed by atoms with van der Waals surface area (Å²) in [5, 5.41) is 3.52. The van der Waals surface area contributed by atoms with Gasteiger partial charge in [0, 0.05) is 28.9 Å². The minimum Gasteiger partial charge on any atom is -0.469 e. The Labute approximate surface area is 118 Å². The summed E-state index contributed by atoms with van der Waals surface area (Å²) in [6.45, 7) is 3.71. The molecule has 106 valence electrons. The minimum atomic E-state index is -0.181. The van der Waals surface area contributed by atoms with Crippen LogP contribution in [-0.2, 0) is 27.2 Å².